The van der Waals surface area contributed by atoms with Crippen LogP contribution in [0.5, 0.6) is 0 Å². The van der Waals surface area contributed by atoms with Crippen molar-refractivity contribution in [2.75, 3.05) is 20.6 Å². The fourth-order valence-corrected chi connectivity index (χ4v) is 3.69. The van der Waals surface area contributed by atoms with Gasteiger partial charge in [-0.3, -0.25) is 9.69 Å². The van der Waals surface area contributed by atoms with Gasteiger partial charge < -0.3 is 4.90 Å². The Hall–Kier alpha value is -1.17. The van der Waals surface area contributed by atoms with Crippen molar-refractivity contribution in [2.45, 2.75) is 20.0 Å². The van der Waals surface area contributed by atoms with Crippen molar-refractivity contribution in [1.82, 2.24) is 9.80 Å². The van der Waals surface area contributed by atoms with Crippen LogP contribution in [0.15, 0.2) is 29.0 Å². The number of likely N-dealkylation sites (N-methyl/N-ethyl adjacent to an activating group) is 2. The summed E-state index contributed by atoms with van der Waals surface area (Å²) in [4.78, 5) is 18.6. The average Bonchev–Trinajstić information content (AvgIpc) is 3.02. The van der Waals surface area contributed by atoms with E-state index in [9.17, 15) is 4.79 Å². The lowest BCUT2D eigenvalue weighted by Crippen LogP contribution is -2.35. The molecule has 0 aliphatic carbocycles. The summed E-state index contributed by atoms with van der Waals surface area (Å²) in [6.45, 7) is 4.11. The summed E-state index contributed by atoms with van der Waals surface area (Å²) in [5.74, 6) is 0.162. The molecule has 0 aromatic carbocycles. The van der Waals surface area contributed by atoms with E-state index in [4.69, 9.17) is 0 Å². The predicted molar refractivity (Wildman–Crippen MR) is 86.2 cm³/mol. The molecule has 0 aliphatic rings. The fourth-order valence-electron chi connectivity index (χ4n) is 1.94. The Kier molecular flexibility index (Phi) is 5.34. The highest BCUT2D eigenvalue weighted by molar-refractivity contribution is 7.10. The maximum Gasteiger partial charge on any atom is 0.236 e. The highest BCUT2D eigenvalue weighted by Gasteiger charge is 2.13. The van der Waals surface area contributed by atoms with Crippen molar-refractivity contribution in [2.24, 2.45) is 0 Å². The molecule has 0 spiro atoms. The zero-order valence-electron chi connectivity index (χ0n) is 12.1. The standard InChI is InChI=1S/C15H20N2OS2/c1-12-6-8-20-14(12)10-16(2)11-15(18)17(3)9-13-5-4-7-19-13/h4-8H,9-11H2,1-3H3. The third-order valence-corrected chi connectivity index (χ3v) is 5.05. The average molecular weight is 308 g/mol. The van der Waals surface area contributed by atoms with Crippen molar-refractivity contribution in [3.63, 3.8) is 0 Å². The SMILES string of the molecule is Cc1ccsc1CN(C)CC(=O)N(C)Cc1cccs1. The molecule has 2 heterocycles. The first-order chi connectivity index (χ1) is 9.56. The van der Waals surface area contributed by atoms with E-state index in [1.807, 2.05) is 25.5 Å². The summed E-state index contributed by atoms with van der Waals surface area (Å²) in [5, 5.41) is 4.14. The van der Waals surface area contributed by atoms with E-state index in [1.165, 1.54) is 15.3 Å². The molecule has 0 saturated heterocycles. The molecule has 20 heavy (non-hydrogen) atoms. The highest BCUT2D eigenvalue weighted by atomic mass is 32.1. The number of thiophene rings is 2. The van der Waals surface area contributed by atoms with E-state index in [-0.39, 0.29) is 5.91 Å². The molecule has 2 rings (SSSR count). The van der Waals surface area contributed by atoms with Gasteiger partial charge in [0.25, 0.3) is 0 Å². The van der Waals surface area contributed by atoms with Crippen LogP contribution in [0.3, 0.4) is 0 Å². The van der Waals surface area contributed by atoms with Crippen molar-refractivity contribution in [1.29, 1.82) is 0 Å². The summed E-state index contributed by atoms with van der Waals surface area (Å²) in [5.41, 5.74) is 1.31. The van der Waals surface area contributed by atoms with Gasteiger partial charge >= 0.3 is 0 Å². The van der Waals surface area contributed by atoms with Gasteiger partial charge in [-0.15, -0.1) is 22.7 Å². The fraction of sp³-hybridized carbons (Fsp3) is 0.400. The lowest BCUT2D eigenvalue weighted by Gasteiger charge is -2.21. The number of aryl methyl sites for hydroxylation is 1. The van der Waals surface area contributed by atoms with E-state index in [0.29, 0.717) is 13.1 Å². The number of hydrogen-bond donors (Lipinski definition) is 0. The highest BCUT2D eigenvalue weighted by Crippen LogP contribution is 2.17. The van der Waals surface area contributed by atoms with Gasteiger partial charge in [0, 0.05) is 23.3 Å². The van der Waals surface area contributed by atoms with Gasteiger partial charge in [-0.1, -0.05) is 6.07 Å². The minimum absolute atomic E-state index is 0.162. The molecule has 3 nitrogen and oxygen atoms in total. The van der Waals surface area contributed by atoms with Crippen LogP contribution < -0.4 is 0 Å². The molecule has 108 valence electrons. The minimum Gasteiger partial charge on any atom is -0.340 e. The number of carbonyl (C=O) groups is 1. The monoisotopic (exact) mass is 308 g/mol. The third kappa shape index (κ3) is 4.16. The van der Waals surface area contributed by atoms with Crippen LogP contribution in [0.2, 0.25) is 0 Å². The van der Waals surface area contributed by atoms with Crippen molar-refractivity contribution in [3.8, 4) is 0 Å². The molecule has 2 aromatic heterocycles. The molecule has 2 aromatic rings. The number of hydrogen-bond acceptors (Lipinski definition) is 4. The Morgan fingerprint density at radius 3 is 2.55 bits per heavy atom. The second kappa shape index (κ2) is 7.02. The predicted octanol–water partition coefficient (Wildman–Crippen LogP) is 3.21. The number of amides is 1. The van der Waals surface area contributed by atoms with Crippen LogP contribution in [0.4, 0.5) is 0 Å². The molecule has 0 saturated carbocycles. The van der Waals surface area contributed by atoms with E-state index in [1.54, 1.807) is 27.6 Å². The molecule has 0 aliphatic heterocycles. The van der Waals surface area contributed by atoms with Gasteiger partial charge in [-0.25, -0.2) is 0 Å². The topological polar surface area (TPSA) is 23.6 Å². The van der Waals surface area contributed by atoms with Gasteiger partial charge in [0.2, 0.25) is 5.91 Å². The Labute approximate surface area is 128 Å². The van der Waals surface area contributed by atoms with Crippen LogP contribution in [0, 0.1) is 6.92 Å². The number of rotatable bonds is 6. The number of nitrogens with zero attached hydrogens (tertiary/aromatic N) is 2. The smallest absolute Gasteiger partial charge is 0.236 e. The molecule has 0 atom stereocenters. The molecule has 0 unspecified atom stereocenters. The van der Waals surface area contributed by atoms with Crippen molar-refractivity contribution < 1.29 is 4.79 Å². The van der Waals surface area contributed by atoms with Crippen molar-refractivity contribution >= 4 is 28.6 Å². The lowest BCUT2D eigenvalue weighted by atomic mass is 10.3. The maximum atomic E-state index is 12.2. The van der Waals surface area contributed by atoms with Gasteiger partial charge in [0.15, 0.2) is 0 Å². The van der Waals surface area contributed by atoms with Gasteiger partial charge in [-0.2, -0.15) is 0 Å². The summed E-state index contributed by atoms with van der Waals surface area (Å²) >= 11 is 3.44. The molecular weight excluding hydrogens is 288 g/mol. The van der Waals surface area contributed by atoms with E-state index >= 15 is 0 Å². The molecule has 0 radical (unpaired) electrons. The molecule has 1 amide bonds. The molecule has 5 heteroatoms. The Balaban J connectivity index is 1.82. The van der Waals surface area contributed by atoms with Crippen LogP contribution in [0.1, 0.15) is 15.3 Å². The zero-order chi connectivity index (χ0) is 14.5. The van der Waals surface area contributed by atoms with E-state index in [0.717, 1.165) is 6.54 Å². The number of carbonyl (C=O) groups excluding carboxylic acids is 1. The third-order valence-electron chi connectivity index (χ3n) is 3.19. The van der Waals surface area contributed by atoms with Crippen LogP contribution in [-0.2, 0) is 17.9 Å². The molecule has 0 N–H and O–H groups in total. The Bertz CT molecular complexity index is 548. The first kappa shape index (κ1) is 15.2. The summed E-state index contributed by atoms with van der Waals surface area (Å²) in [7, 11) is 3.86. The van der Waals surface area contributed by atoms with Gasteiger partial charge in [0.1, 0.15) is 0 Å². The lowest BCUT2D eigenvalue weighted by molar-refractivity contribution is -0.131. The largest absolute Gasteiger partial charge is 0.340 e. The molecule has 0 fully saturated rings. The molecular formula is C15H20N2OS2. The molecule has 0 bridgehead atoms. The second-order valence-corrected chi connectivity index (χ2v) is 7.06. The van der Waals surface area contributed by atoms with Crippen LogP contribution in [0.25, 0.3) is 0 Å². The van der Waals surface area contributed by atoms with Crippen LogP contribution >= 0.6 is 22.7 Å². The van der Waals surface area contributed by atoms with E-state index in [2.05, 4.69) is 29.3 Å². The van der Waals surface area contributed by atoms with Crippen LogP contribution in [-0.4, -0.2) is 36.3 Å². The summed E-state index contributed by atoms with van der Waals surface area (Å²) in [6, 6.07) is 6.20. The minimum atomic E-state index is 0.162. The summed E-state index contributed by atoms with van der Waals surface area (Å²) in [6.07, 6.45) is 0. The summed E-state index contributed by atoms with van der Waals surface area (Å²) < 4.78 is 0. The van der Waals surface area contributed by atoms with E-state index < -0.39 is 0 Å². The quantitative estimate of drug-likeness (QED) is 0.818. The second-order valence-electron chi connectivity index (χ2n) is 5.03. The Morgan fingerprint density at radius 1 is 1.15 bits per heavy atom. The first-order valence-corrected chi connectivity index (χ1v) is 8.30. The normalized spacial score (nSPS) is 11.0. The van der Waals surface area contributed by atoms with Gasteiger partial charge in [0.05, 0.1) is 13.1 Å². The zero-order valence-corrected chi connectivity index (χ0v) is 13.8. The van der Waals surface area contributed by atoms with Crippen molar-refractivity contribution in [3.05, 3.63) is 44.3 Å². The van der Waals surface area contributed by atoms with Gasteiger partial charge in [-0.05, 0) is 42.4 Å². The Morgan fingerprint density at radius 2 is 1.95 bits per heavy atom. The first-order valence-electron chi connectivity index (χ1n) is 6.54. The maximum absolute atomic E-state index is 12.2.